The standard InChI is InChI=1S/C22H32N4OS/c1-2-9-26(8-1)22-24-21(16-28-22)18-14-20(23-15-18)17-4-6-19(7-5-17)25-10-3-12-27-13-11-25/h14-17,19,23H,1-13H2. The summed E-state index contributed by atoms with van der Waals surface area (Å²) < 4.78 is 5.63. The van der Waals surface area contributed by atoms with Crippen LogP contribution in [0, 0.1) is 0 Å². The number of nitrogens with one attached hydrogen (secondary N) is 1. The minimum Gasteiger partial charge on any atom is -0.380 e. The van der Waals surface area contributed by atoms with Gasteiger partial charge in [-0.2, -0.15) is 0 Å². The van der Waals surface area contributed by atoms with Crippen LogP contribution in [0.3, 0.4) is 0 Å². The first-order valence-electron chi connectivity index (χ1n) is 11.1. The Labute approximate surface area is 172 Å². The number of anilines is 1. The van der Waals surface area contributed by atoms with Crippen LogP contribution < -0.4 is 4.90 Å². The Kier molecular flexibility index (Phi) is 5.70. The highest BCUT2D eigenvalue weighted by molar-refractivity contribution is 7.14. The summed E-state index contributed by atoms with van der Waals surface area (Å²) >= 11 is 1.79. The summed E-state index contributed by atoms with van der Waals surface area (Å²) in [6.07, 6.45) is 11.2. The van der Waals surface area contributed by atoms with Gasteiger partial charge in [0.25, 0.3) is 0 Å². The van der Waals surface area contributed by atoms with Crippen molar-refractivity contribution in [1.29, 1.82) is 0 Å². The number of aromatic nitrogens is 2. The van der Waals surface area contributed by atoms with E-state index in [1.807, 2.05) is 0 Å². The van der Waals surface area contributed by atoms with Gasteiger partial charge in [-0.1, -0.05) is 0 Å². The highest BCUT2D eigenvalue weighted by Crippen LogP contribution is 2.37. The number of rotatable bonds is 4. The number of aromatic amines is 1. The molecule has 2 aliphatic heterocycles. The van der Waals surface area contributed by atoms with Crippen molar-refractivity contribution in [2.24, 2.45) is 0 Å². The molecule has 1 saturated carbocycles. The Morgan fingerprint density at radius 3 is 2.71 bits per heavy atom. The molecular formula is C22H32N4OS. The Balaban J connectivity index is 1.20. The van der Waals surface area contributed by atoms with Crippen LogP contribution in [0.1, 0.15) is 56.6 Å². The van der Waals surface area contributed by atoms with Crippen molar-refractivity contribution in [3.63, 3.8) is 0 Å². The third kappa shape index (κ3) is 4.00. The molecule has 3 aliphatic rings. The molecule has 6 heteroatoms. The van der Waals surface area contributed by atoms with Crippen LogP contribution in [-0.2, 0) is 4.74 Å². The lowest BCUT2D eigenvalue weighted by Crippen LogP contribution is -2.39. The molecule has 2 aromatic heterocycles. The van der Waals surface area contributed by atoms with Crippen molar-refractivity contribution in [2.45, 2.75) is 56.9 Å². The van der Waals surface area contributed by atoms with E-state index in [0.717, 1.165) is 44.6 Å². The molecule has 2 aromatic rings. The van der Waals surface area contributed by atoms with Crippen LogP contribution in [0.4, 0.5) is 5.13 Å². The largest absolute Gasteiger partial charge is 0.380 e. The highest BCUT2D eigenvalue weighted by Gasteiger charge is 2.28. The molecule has 5 rings (SSSR count). The molecule has 0 spiro atoms. The second kappa shape index (κ2) is 8.56. The fourth-order valence-corrected chi connectivity index (χ4v) is 6.02. The van der Waals surface area contributed by atoms with E-state index in [-0.39, 0.29) is 0 Å². The molecule has 0 bridgehead atoms. The van der Waals surface area contributed by atoms with Gasteiger partial charge in [0, 0.05) is 61.7 Å². The third-order valence-electron chi connectivity index (χ3n) is 6.78. The van der Waals surface area contributed by atoms with Crippen LogP contribution in [0.25, 0.3) is 11.3 Å². The molecule has 3 fully saturated rings. The topological polar surface area (TPSA) is 44.4 Å². The minimum atomic E-state index is 0.671. The lowest BCUT2D eigenvalue weighted by molar-refractivity contribution is 0.118. The quantitative estimate of drug-likeness (QED) is 0.821. The van der Waals surface area contributed by atoms with Crippen LogP contribution in [-0.4, -0.2) is 60.3 Å². The SMILES string of the molecule is c1[nH]c(C2CCC(N3CCCOCC3)CC2)cc1-c1csc(N2CCCC2)n1. The molecule has 1 N–H and O–H groups in total. The summed E-state index contributed by atoms with van der Waals surface area (Å²) in [5.41, 5.74) is 3.79. The molecule has 0 atom stereocenters. The molecule has 28 heavy (non-hydrogen) atoms. The predicted octanol–water partition coefficient (Wildman–Crippen LogP) is 4.49. The number of H-pyrrole nitrogens is 1. The van der Waals surface area contributed by atoms with Gasteiger partial charge in [0.15, 0.2) is 5.13 Å². The van der Waals surface area contributed by atoms with Gasteiger partial charge in [0.1, 0.15) is 0 Å². The van der Waals surface area contributed by atoms with Gasteiger partial charge in [0.2, 0.25) is 0 Å². The molecule has 152 valence electrons. The Morgan fingerprint density at radius 1 is 1.00 bits per heavy atom. The van der Waals surface area contributed by atoms with Crippen molar-refractivity contribution < 1.29 is 4.74 Å². The van der Waals surface area contributed by atoms with Gasteiger partial charge < -0.3 is 14.6 Å². The summed E-state index contributed by atoms with van der Waals surface area (Å²) in [6, 6.07) is 3.11. The van der Waals surface area contributed by atoms with E-state index in [4.69, 9.17) is 9.72 Å². The normalized spacial score (nSPS) is 27.2. The average Bonchev–Trinajstić information content (AvgIpc) is 3.46. The van der Waals surface area contributed by atoms with Crippen LogP contribution in [0.15, 0.2) is 17.6 Å². The maximum Gasteiger partial charge on any atom is 0.185 e. The molecule has 0 amide bonds. The molecule has 0 radical (unpaired) electrons. The first-order valence-corrected chi connectivity index (χ1v) is 12.0. The zero-order valence-electron chi connectivity index (χ0n) is 16.7. The molecule has 5 nitrogen and oxygen atoms in total. The average molecular weight is 401 g/mol. The molecule has 0 unspecified atom stereocenters. The lowest BCUT2D eigenvalue weighted by Gasteiger charge is -2.35. The minimum absolute atomic E-state index is 0.671. The zero-order valence-corrected chi connectivity index (χ0v) is 17.6. The van der Waals surface area contributed by atoms with Crippen molar-refractivity contribution in [2.75, 3.05) is 44.3 Å². The number of nitrogens with zero attached hydrogens (tertiary/aromatic N) is 3. The van der Waals surface area contributed by atoms with E-state index < -0.39 is 0 Å². The number of hydrogen-bond acceptors (Lipinski definition) is 5. The fourth-order valence-electron chi connectivity index (χ4n) is 5.13. The van der Waals surface area contributed by atoms with Gasteiger partial charge in [-0.05, 0) is 56.9 Å². The zero-order chi connectivity index (χ0) is 18.8. The van der Waals surface area contributed by atoms with Gasteiger partial charge >= 0.3 is 0 Å². The molecule has 1 aliphatic carbocycles. The van der Waals surface area contributed by atoms with E-state index in [0.29, 0.717) is 5.92 Å². The van der Waals surface area contributed by atoms with Crippen LogP contribution in [0.2, 0.25) is 0 Å². The van der Waals surface area contributed by atoms with Gasteiger partial charge in [-0.3, -0.25) is 4.90 Å². The molecule has 2 saturated heterocycles. The van der Waals surface area contributed by atoms with Crippen molar-refractivity contribution >= 4 is 16.5 Å². The number of ether oxygens (including phenoxy) is 1. The van der Waals surface area contributed by atoms with E-state index >= 15 is 0 Å². The Hall–Kier alpha value is -1.37. The Bertz CT molecular complexity index is 750. The van der Waals surface area contributed by atoms with E-state index in [9.17, 15) is 0 Å². The predicted molar refractivity (Wildman–Crippen MR) is 115 cm³/mol. The van der Waals surface area contributed by atoms with Crippen molar-refractivity contribution in [3.05, 3.63) is 23.3 Å². The number of thiazole rings is 1. The summed E-state index contributed by atoms with van der Waals surface area (Å²) in [4.78, 5) is 13.6. The van der Waals surface area contributed by atoms with Crippen molar-refractivity contribution in [3.8, 4) is 11.3 Å². The maximum absolute atomic E-state index is 5.63. The van der Waals surface area contributed by atoms with E-state index in [1.54, 1.807) is 11.3 Å². The summed E-state index contributed by atoms with van der Waals surface area (Å²) in [6.45, 7) is 6.51. The van der Waals surface area contributed by atoms with Gasteiger partial charge in [-0.15, -0.1) is 11.3 Å². The first kappa shape index (κ1) is 18.6. The van der Waals surface area contributed by atoms with Crippen molar-refractivity contribution in [1.82, 2.24) is 14.9 Å². The highest BCUT2D eigenvalue weighted by atomic mass is 32.1. The molecule has 0 aromatic carbocycles. The smallest absolute Gasteiger partial charge is 0.185 e. The second-order valence-electron chi connectivity index (χ2n) is 8.56. The number of hydrogen-bond donors (Lipinski definition) is 1. The van der Waals surface area contributed by atoms with E-state index in [2.05, 4.69) is 32.4 Å². The fraction of sp³-hybridized carbons (Fsp3) is 0.682. The Morgan fingerprint density at radius 2 is 1.86 bits per heavy atom. The lowest BCUT2D eigenvalue weighted by atomic mass is 9.83. The summed E-state index contributed by atoms with van der Waals surface area (Å²) in [5.74, 6) is 0.671. The van der Waals surface area contributed by atoms with Crippen LogP contribution in [0.5, 0.6) is 0 Å². The second-order valence-corrected chi connectivity index (χ2v) is 9.40. The third-order valence-corrected chi connectivity index (χ3v) is 7.68. The molecule has 4 heterocycles. The summed E-state index contributed by atoms with van der Waals surface area (Å²) in [7, 11) is 0. The summed E-state index contributed by atoms with van der Waals surface area (Å²) in [5, 5.41) is 3.41. The van der Waals surface area contributed by atoms with Gasteiger partial charge in [0.05, 0.1) is 12.3 Å². The van der Waals surface area contributed by atoms with Crippen LogP contribution >= 0.6 is 11.3 Å². The molecular weight excluding hydrogens is 368 g/mol. The maximum atomic E-state index is 5.63. The van der Waals surface area contributed by atoms with E-state index in [1.165, 1.54) is 67.9 Å². The monoisotopic (exact) mass is 400 g/mol. The first-order chi connectivity index (χ1) is 13.9. The van der Waals surface area contributed by atoms with Gasteiger partial charge in [-0.25, -0.2) is 4.98 Å².